The van der Waals surface area contributed by atoms with Crippen LogP contribution in [0.1, 0.15) is 49.4 Å². The molecule has 4 heteroatoms. The molecule has 0 bridgehead atoms. The topological polar surface area (TPSA) is 46.9 Å². The number of allylic oxidation sites excluding steroid dienone is 2. The molecule has 0 radical (unpaired) electrons. The molecular weight excluding hydrogens is 238 g/mol. The predicted octanol–water partition coefficient (Wildman–Crippen LogP) is 2.27. The minimum atomic E-state index is 0.150. The normalized spacial score (nSPS) is 22.5. The van der Waals surface area contributed by atoms with Crippen LogP contribution in [0.5, 0.6) is 0 Å². The lowest BCUT2D eigenvalue weighted by Gasteiger charge is -2.16. The fourth-order valence-electron chi connectivity index (χ4n) is 2.74. The molecule has 19 heavy (non-hydrogen) atoms. The van der Waals surface area contributed by atoms with E-state index in [1.165, 1.54) is 18.5 Å². The Morgan fingerprint density at radius 1 is 1.42 bits per heavy atom. The first-order chi connectivity index (χ1) is 9.24. The van der Waals surface area contributed by atoms with Crippen molar-refractivity contribution in [2.45, 2.75) is 44.6 Å². The summed E-state index contributed by atoms with van der Waals surface area (Å²) in [4.78, 5) is 12.0. The maximum absolute atomic E-state index is 12.0. The summed E-state index contributed by atoms with van der Waals surface area (Å²) in [6.07, 6.45) is 9.69. The molecule has 1 N–H and O–H groups in total. The van der Waals surface area contributed by atoms with Crippen LogP contribution in [-0.4, -0.2) is 15.7 Å². The minimum Gasteiger partial charge on any atom is -0.350 e. The average molecular weight is 259 g/mol. The first kappa shape index (κ1) is 12.5. The molecule has 1 aromatic rings. The Morgan fingerprint density at radius 2 is 2.26 bits per heavy atom. The molecule has 1 atom stereocenters. The van der Waals surface area contributed by atoms with E-state index in [-0.39, 0.29) is 11.8 Å². The van der Waals surface area contributed by atoms with Gasteiger partial charge < -0.3 is 5.32 Å². The largest absolute Gasteiger partial charge is 0.350 e. The van der Waals surface area contributed by atoms with Gasteiger partial charge in [-0.25, -0.2) is 0 Å². The van der Waals surface area contributed by atoms with Crippen LogP contribution in [0, 0.1) is 5.92 Å². The molecule has 0 spiro atoms. The number of rotatable bonds is 4. The molecule has 4 nitrogen and oxygen atoms in total. The molecule has 102 valence electrons. The number of hydrogen-bond donors (Lipinski definition) is 1. The zero-order chi connectivity index (χ0) is 13.2. The third-order valence-electron chi connectivity index (χ3n) is 4.05. The lowest BCUT2D eigenvalue weighted by Crippen LogP contribution is -2.30. The molecule has 2 aliphatic rings. The molecule has 3 rings (SSSR count). The number of amides is 1. The van der Waals surface area contributed by atoms with Gasteiger partial charge in [0.25, 0.3) is 0 Å². The zero-order valence-electron chi connectivity index (χ0n) is 11.4. The van der Waals surface area contributed by atoms with E-state index in [0.29, 0.717) is 12.5 Å². The van der Waals surface area contributed by atoms with Gasteiger partial charge in [0.1, 0.15) is 0 Å². The summed E-state index contributed by atoms with van der Waals surface area (Å²) in [5.41, 5.74) is 2.29. The highest BCUT2D eigenvalue weighted by Crippen LogP contribution is 2.39. The zero-order valence-corrected chi connectivity index (χ0v) is 11.4. The molecule has 1 aromatic heterocycles. The molecule has 1 heterocycles. The van der Waals surface area contributed by atoms with Crippen molar-refractivity contribution in [3.05, 3.63) is 29.6 Å². The van der Waals surface area contributed by atoms with Crippen LogP contribution in [0.25, 0.3) is 0 Å². The van der Waals surface area contributed by atoms with Gasteiger partial charge >= 0.3 is 0 Å². The average Bonchev–Trinajstić information content (AvgIpc) is 3.21. The molecule has 1 amide bonds. The molecular formula is C15H21N3O. The summed E-state index contributed by atoms with van der Waals surface area (Å²) >= 11 is 0. The summed E-state index contributed by atoms with van der Waals surface area (Å²) in [5, 5.41) is 7.50. The van der Waals surface area contributed by atoms with Gasteiger partial charge in [-0.3, -0.25) is 9.48 Å². The molecule has 2 aliphatic carbocycles. The van der Waals surface area contributed by atoms with Crippen molar-refractivity contribution in [2.75, 3.05) is 0 Å². The van der Waals surface area contributed by atoms with Crippen LogP contribution in [0.2, 0.25) is 0 Å². The Kier molecular flexibility index (Phi) is 3.40. The Hall–Kier alpha value is -1.58. The number of hydrogen-bond acceptors (Lipinski definition) is 2. The quantitative estimate of drug-likeness (QED) is 0.843. The van der Waals surface area contributed by atoms with Crippen LogP contribution in [-0.2, 0) is 18.4 Å². The Balaban J connectivity index is 1.55. The highest BCUT2D eigenvalue weighted by molar-refractivity contribution is 5.78. The van der Waals surface area contributed by atoms with Crippen molar-refractivity contribution >= 4 is 5.91 Å². The van der Waals surface area contributed by atoms with Crippen molar-refractivity contribution in [1.29, 1.82) is 0 Å². The first-order valence-corrected chi connectivity index (χ1v) is 7.19. The highest BCUT2D eigenvalue weighted by atomic mass is 16.1. The molecule has 1 saturated carbocycles. The van der Waals surface area contributed by atoms with E-state index < -0.39 is 0 Å². The van der Waals surface area contributed by atoms with Gasteiger partial charge in [0.15, 0.2) is 0 Å². The Labute approximate surface area is 113 Å². The van der Waals surface area contributed by atoms with Crippen LogP contribution in [0.4, 0.5) is 0 Å². The fourth-order valence-corrected chi connectivity index (χ4v) is 2.74. The number of nitrogens with one attached hydrogen (secondary N) is 1. The summed E-state index contributed by atoms with van der Waals surface area (Å²) < 4.78 is 1.96. The molecule has 0 saturated heterocycles. The summed E-state index contributed by atoms with van der Waals surface area (Å²) in [6.45, 7) is 0.555. The number of nitrogens with zero attached hydrogens (tertiary/aromatic N) is 2. The number of aromatic nitrogens is 2. The van der Waals surface area contributed by atoms with E-state index in [1.807, 2.05) is 11.7 Å². The SMILES string of the molecule is Cn1nc(CNC(=O)[C@@H]2CC=CCC2)cc1C1CC1. The lowest BCUT2D eigenvalue weighted by atomic mass is 9.94. The maximum atomic E-state index is 12.0. The lowest BCUT2D eigenvalue weighted by molar-refractivity contribution is -0.125. The Morgan fingerprint density at radius 3 is 2.95 bits per heavy atom. The van der Waals surface area contributed by atoms with Crippen molar-refractivity contribution < 1.29 is 4.79 Å². The molecule has 0 unspecified atom stereocenters. The van der Waals surface area contributed by atoms with Gasteiger partial charge in [-0.05, 0) is 38.2 Å². The third kappa shape index (κ3) is 2.88. The predicted molar refractivity (Wildman–Crippen MR) is 73.5 cm³/mol. The molecule has 0 aliphatic heterocycles. The number of aryl methyl sites for hydroxylation is 1. The van der Waals surface area contributed by atoms with Gasteiger partial charge in [-0.15, -0.1) is 0 Å². The van der Waals surface area contributed by atoms with Crippen LogP contribution < -0.4 is 5.32 Å². The second kappa shape index (κ2) is 5.19. The van der Waals surface area contributed by atoms with Crippen LogP contribution in [0.3, 0.4) is 0 Å². The summed E-state index contributed by atoms with van der Waals surface area (Å²) in [7, 11) is 1.99. The molecule has 0 aromatic carbocycles. The second-order valence-electron chi connectivity index (χ2n) is 5.66. The van der Waals surface area contributed by atoms with Gasteiger partial charge in [-0.2, -0.15) is 5.10 Å². The van der Waals surface area contributed by atoms with E-state index in [4.69, 9.17) is 0 Å². The monoisotopic (exact) mass is 259 g/mol. The van der Waals surface area contributed by atoms with Gasteiger partial charge in [0.2, 0.25) is 5.91 Å². The van der Waals surface area contributed by atoms with E-state index >= 15 is 0 Å². The van der Waals surface area contributed by atoms with Crippen molar-refractivity contribution in [2.24, 2.45) is 13.0 Å². The Bertz CT molecular complexity index is 499. The second-order valence-corrected chi connectivity index (χ2v) is 5.66. The van der Waals surface area contributed by atoms with Gasteiger partial charge in [0, 0.05) is 24.6 Å². The summed E-state index contributed by atoms with van der Waals surface area (Å²) in [6, 6.07) is 2.14. The van der Waals surface area contributed by atoms with E-state index in [9.17, 15) is 4.79 Å². The van der Waals surface area contributed by atoms with Crippen LogP contribution in [0.15, 0.2) is 18.2 Å². The van der Waals surface area contributed by atoms with E-state index in [0.717, 1.165) is 25.0 Å². The van der Waals surface area contributed by atoms with E-state index in [2.05, 4.69) is 28.6 Å². The van der Waals surface area contributed by atoms with Crippen molar-refractivity contribution in [3.63, 3.8) is 0 Å². The van der Waals surface area contributed by atoms with Crippen molar-refractivity contribution in [3.8, 4) is 0 Å². The van der Waals surface area contributed by atoms with Crippen LogP contribution >= 0.6 is 0 Å². The third-order valence-corrected chi connectivity index (χ3v) is 4.05. The number of carbonyl (C=O) groups excluding carboxylic acids is 1. The van der Waals surface area contributed by atoms with Gasteiger partial charge in [0.05, 0.1) is 12.2 Å². The maximum Gasteiger partial charge on any atom is 0.223 e. The highest BCUT2D eigenvalue weighted by Gasteiger charge is 2.27. The smallest absolute Gasteiger partial charge is 0.223 e. The first-order valence-electron chi connectivity index (χ1n) is 7.19. The van der Waals surface area contributed by atoms with E-state index in [1.54, 1.807) is 0 Å². The minimum absolute atomic E-state index is 0.150. The van der Waals surface area contributed by atoms with Gasteiger partial charge in [-0.1, -0.05) is 12.2 Å². The number of carbonyl (C=O) groups is 1. The standard InChI is InChI=1S/C15H21N3O/c1-18-14(11-7-8-11)9-13(17-18)10-16-15(19)12-5-3-2-4-6-12/h2-3,9,11-12H,4-8,10H2,1H3,(H,16,19)/t12-/m1/s1. The summed E-state index contributed by atoms with van der Waals surface area (Å²) in [5.74, 6) is 1.02. The fraction of sp³-hybridized carbons (Fsp3) is 0.600. The molecule has 1 fully saturated rings. The van der Waals surface area contributed by atoms with Crippen molar-refractivity contribution in [1.82, 2.24) is 15.1 Å².